The second-order valence-electron chi connectivity index (χ2n) is 6.81. The fourth-order valence-corrected chi connectivity index (χ4v) is 3.90. The van der Waals surface area contributed by atoms with Crippen molar-refractivity contribution >= 4 is 29.3 Å². The fourth-order valence-electron chi connectivity index (χ4n) is 3.00. The minimum atomic E-state index is -0.0697. The van der Waals surface area contributed by atoms with Crippen LogP contribution >= 0.6 is 23.4 Å². The van der Waals surface area contributed by atoms with E-state index in [-0.39, 0.29) is 11.7 Å². The maximum absolute atomic E-state index is 12.4. The summed E-state index contributed by atoms with van der Waals surface area (Å²) in [5, 5.41) is 13.0. The highest BCUT2D eigenvalue weighted by molar-refractivity contribution is 7.99. The first-order valence-electron chi connectivity index (χ1n) is 9.70. The number of carbonyl (C=O) groups is 1. The maximum atomic E-state index is 12.4. The molecule has 0 bridgehead atoms. The van der Waals surface area contributed by atoms with E-state index in [1.807, 2.05) is 59.2 Å². The lowest BCUT2D eigenvalue weighted by Gasteiger charge is -2.11. The molecule has 1 amide bonds. The molecule has 0 aliphatic heterocycles. The number of nitrogens with zero attached hydrogens (tertiary/aromatic N) is 4. The highest BCUT2D eigenvalue weighted by Gasteiger charge is 2.16. The zero-order valence-electron chi connectivity index (χ0n) is 16.6. The predicted molar refractivity (Wildman–Crippen MR) is 123 cm³/mol. The highest BCUT2D eigenvalue weighted by Crippen LogP contribution is 2.24. The molecule has 4 rings (SSSR count). The van der Waals surface area contributed by atoms with Crippen LogP contribution in [0.1, 0.15) is 11.1 Å². The number of nitrogens with one attached hydrogen (secondary N) is 1. The third-order valence-corrected chi connectivity index (χ3v) is 5.79. The molecular weight excluding hydrogens is 430 g/mol. The molecule has 0 atom stereocenters. The fraction of sp³-hybridized carbons (Fsp3) is 0.130. The van der Waals surface area contributed by atoms with Crippen LogP contribution in [-0.2, 0) is 17.9 Å². The summed E-state index contributed by atoms with van der Waals surface area (Å²) in [6.07, 6.45) is 3.46. The molecule has 0 saturated carbocycles. The summed E-state index contributed by atoms with van der Waals surface area (Å²) in [4.78, 5) is 16.5. The summed E-state index contributed by atoms with van der Waals surface area (Å²) >= 11 is 7.27. The third-order valence-electron chi connectivity index (χ3n) is 4.57. The van der Waals surface area contributed by atoms with E-state index in [2.05, 4.69) is 32.6 Å². The van der Waals surface area contributed by atoms with E-state index in [9.17, 15) is 4.79 Å². The Morgan fingerprint density at radius 3 is 2.42 bits per heavy atom. The number of aromatic nitrogens is 4. The number of amides is 1. The van der Waals surface area contributed by atoms with Crippen molar-refractivity contribution in [3.05, 3.63) is 95.3 Å². The summed E-state index contributed by atoms with van der Waals surface area (Å²) in [7, 11) is 0. The first kappa shape index (κ1) is 21.1. The molecule has 31 heavy (non-hydrogen) atoms. The van der Waals surface area contributed by atoms with Crippen molar-refractivity contribution in [3.8, 4) is 11.4 Å². The van der Waals surface area contributed by atoms with Crippen LogP contribution in [0, 0.1) is 0 Å². The van der Waals surface area contributed by atoms with Gasteiger partial charge in [0.25, 0.3) is 0 Å². The molecule has 0 saturated heterocycles. The number of hydrogen-bond donors (Lipinski definition) is 1. The van der Waals surface area contributed by atoms with E-state index in [0.29, 0.717) is 23.3 Å². The molecule has 0 aliphatic rings. The van der Waals surface area contributed by atoms with Gasteiger partial charge >= 0.3 is 0 Å². The summed E-state index contributed by atoms with van der Waals surface area (Å²) in [5.41, 5.74) is 3.05. The van der Waals surface area contributed by atoms with Crippen molar-refractivity contribution in [2.24, 2.45) is 0 Å². The molecule has 2 aromatic heterocycles. The van der Waals surface area contributed by atoms with Gasteiger partial charge in [-0.2, -0.15) is 0 Å². The molecule has 1 N–H and O–H groups in total. The second kappa shape index (κ2) is 10.2. The molecule has 0 radical (unpaired) electrons. The number of halogens is 1. The number of thioether (sulfide) groups is 1. The molecule has 156 valence electrons. The molecule has 4 aromatic rings. The number of rotatable bonds is 8. The highest BCUT2D eigenvalue weighted by atomic mass is 35.5. The van der Waals surface area contributed by atoms with Crippen LogP contribution in [-0.4, -0.2) is 31.4 Å². The molecule has 2 heterocycles. The lowest BCUT2D eigenvalue weighted by atomic mass is 10.2. The lowest BCUT2D eigenvalue weighted by Crippen LogP contribution is -2.24. The Balaban J connectivity index is 1.46. The standard InChI is InChI=1S/C23H20ClN5OS/c24-20-8-6-17(7-9-20)14-26-21(30)16-31-23-28-27-22(19-10-12-25-13-11-19)29(23)15-18-4-2-1-3-5-18/h1-13H,14-16H2,(H,26,30). The molecule has 0 unspecified atom stereocenters. The van der Waals surface area contributed by atoms with E-state index in [1.165, 1.54) is 11.8 Å². The van der Waals surface area contributed by atoms with Crippen molar-refractivity contribution in [1.29, 1.82) is 0 Å². The zero-order valence-corrected chi connectivity index (χ0v) is 18.2. The number of pyridine rings is 1. The second-order valence-corrected chi connectivity index (χ2v) is 8.18. The summed E-state index contributed by atoms with van der Waals surface area (Å²) < 4.78 is 2.03. The Kier molecular flexibility index (Phi) is 6.96. The van der Waals surface area contributed by atoms with Gasteiger partial charge in [-0.15, -0.1) is 10.2 Å². The van der Waals surface area contributed by atoms with Crippen molar-refractivity contribution in [3.63, 3.8) is 0 Å². The number of benzene rings is 2. The van der Waals surface area contributed by atoms with Gasteiger partial charge in [0.2, 0.25) is 5.91 Å². The predicted octanol–water partition coefficient (Wildman–Crippen LogP) is 4.45. The van der Waals surface area contributed by atoms with Gasteiger partial charge < -0.3 is 5.32 Å². The minimum absolute atomic E-state index is 0.0697. The normalized spacial score (nSPS) is 10.7. The topological polar surface area (TPSA) is 72.7 Å². The van der Waals surface area contributed by atoms with Gasteiger partial charge in [-0.3, -0.25) is 14.3 Å². The monoisotopic (exact) mass is 449 g/mol. The van der Waals surface area contributed by atoms with Gasteiger partial charge in [0, 0.05) is 29.5 Å². The lowest BCUT2D eigenvalue weighted by molar-refractivity contribution is -0.118. The van der Waals surface area contributed by atoms with Crippen LogP contribution in [0.2, 0.25) is 5.02 Å². The number of hydrogen-bond acceptors (Lipinski definition) is 5. The molecule has 8 heteroatoms. The number of carbonyl (C=O) groups excluding carboxylic acids is 1. The molecular formula is C23H20ClN5OS. The van der Waals surface area contributed by atoms with Crippen molar-refractivity contribution in [2.75, 3.05) is 5.75 Å². The zero-order chi connectivity index (χ0) is 21.5. The Morgan fingerprint density at radius 2 is 1.68 bits per heavy atom. The average Bonchev–Trinajstić information content (AvgIpc) is 3.21. The average molecular weight is 450 g/mol. The van der Waals surface area contributed by atoms with Gasteiger partial charge in [0.15, 0.2) is 11.0 Å². The summed E-state index contributed by atoms with van der Waals surface area (Å²) in [6, 6.07) is 21.3. The van der Waals surface area contributed by atoms with Crippen LogP contribution in [0.3, 0.4) is 0 Å². The van der Waals surface area contributed by atoms with E-state index in [4.69, 9.17) is 11.6 Å². The maximum Gasteiger partial charge on any atom is 0.230 e. The Labute approximate surface area is 189 Å². The van der Waals surface area contributed by atoms with Gasteiger partial charge in [-0.1, -0.05) is 65.8 Å². The summed E-state index contributed by atoms with van der Waals surface area (Å²) in [6.45, 7) is 1.07. The van der Waals surface area contributed by atoms with E-state index in [0.717, 1.165) is 22.5 Å². The molecule has 0 fully saturated rings. The van der Waals surface area contributed by atoms with Gasteiger partial charge in [-0.05, 0) is 35.4 Å². The van der Waals surface area contributed by atoms with Gasteiger partial charge in [0.05, 0.1) is 12.3 Å². The van der Waals surface area contributed by atoms with E-state index < -0.39 is 0 Å². The van der Waals surface area contributed by atoms with E-state index in [1.54, 1.807) is 12.4 Å². The molecule has 6 nitrogen and oxygen atoms in total. The van der Waals surface area contributed by atoms with Crippen LogP contribution < -0.4 is 5.32 Å². The largest absolute Gasteiger partial charge is 0.351 e. The van der Waals surface area contributed by atoms with Gasteiger partial charge in [-0.25, -0.2) is 0 Å². The van der Waals surface area contributed by atoms with Crippen LogP contribution in [0.4, 0.5) is 0 Å². The van der Waals surface area contributed by atoms with Crippen molar-refractivity contribution < 1.29 is 4.79 Å². The van der Waals surface area contributed by atoms with Crippen LogP contribution in [0.25, 0.3) is 11.4 Å². The van der Waals surface area contributed by atoms with Crippen molar-refractivity contribution in [1.82, 2.24) is 25.1 Å². The van der Waals surface area contributed by atoms with Crippen molar-refractivity contribution in [2.45, 2.75) is 18.2 Å². The molecule has 2 aromatic carbocycles. The Hall–Kier alpha value is -3.16. The third kappa shape index (κ3) is 5.71. The minimum Gasteiger partial charge on any atom is -0.351 e. The Morgan fingerprint density at radius 1 is 0.935 bits per heavy atom. The summed E-state index contributed by atoms with van der Waals surface area (Å²) in [5.74, 6) is 0.923. The van der Waals surface area contributed by atoms with Crippen LogP contribution in [0.15, 0.2) is 84.3 Å². The Bertz CT molecular complexity index is 1130. The quantitative estimate of drug-likeness (QED) is 0.402. The van der Waals surface area contributed by atoms with Crippen LogP contribution in [0.5, 0.6) is 0 Å². The van der Waals surface area contributed by atoms with E-state index >= 15 is 0 Å². The smallest absolute Gasteiger partial charge is 0.230 e. The molecule has 0 aliphatic carbocycles. The van der Waals surface area contributed by atoms with Gasteiger partial charge in [0.1, 0.15) is 0 Å². The molecule has 0 spiro atoms. The SMILES string of the molecule is O=C(CSc1nnc(-c2ccncc2)n1Cc1ccccc1)NCc1ccc(Cl)cc1. The first-order valence-corrected chi connectivity index (χ1v) is 11.1. The first-order chi connectivity index (χ1) is 15.2.